The summed E-state index contributed by atoms with van der Waals surface area (Å²) in [5.41, 5.74) is 11.4. The van der Waals surface area contributed by atoms with Crippen molar-refractivity contribution >= 4 is 49.4 Å². The summed E-state index contributed by atoms with van der Waals surface area (Å²) in [6.45, 7) is 0. The highest BCUT2D eigenvalue weighted by molar-refractivity contribution is 6.16. The number of allylic oxidation sites excluding steroid dienone is 4. The summed E-state index contributed by atoms with van der Waals surface area (Å²) in [7, 11) is 0. The van der Waals surface area contributed by atoms with E-state index >= 15 is 0 Å². The molecule has 0 unspecified atom stereocenters. The number of fused-ring (bicyclic) bond motifs is 6. The zero-order valence-electron chi connectivity index (χ0n) is 36.6. The van der Waals surface area contributed by atoms with Crippen molar-refractivity contribution in [3.05, 3.63) is 218 Å². The maximum absolute atomic E-state index is 5.61. The third kappa shape index (κ3) is 6.84. The Hall–Kier alpha value is -9.21. The quantitative estimate of drug-likeness (QED) is 0.150. The largest absolute Gasteiger partial charge is 0.294 e. The van der Waals surface area contributed by atoms with Crippen LogP contribution in [0.5, 0.6) is 0 Å². The lowest BCUT2D eigenvalue weighted by Gasteiger charge is -2.12. The summed E-state index contributed by atoms with van der Waals surface area (Å²) in [5.74, 6) is 3.81. The van der Waals surface area contributed by atoms with Gasteiger partial charge in [-0.2, -0.15) is 0 Å². The van der Waals surface area contributed by atoms with Crippen LogP contribution in [0.1, 0.15) is 18.7 Å². The van der Waals surface area contributed by atoms with E-state index in [9.17, 15) is 0 Å². The molecule has 0 atom stereocenters. The van der Waals surface area contributed by atoms with Crippen LogP contribution in [0.4, 0.5) is 0 Å². The van der Waals surface area contributed by atoms with Gasteiger partial charge in [0.1, 0.15) is 11.3 Å². The number of benzene rings is 7. The summed E-state index contributed by atoms with van der Waals surface area (Å²) in [5, 5.41) is 4.42. The lowest BCUT2D eigenvalue weighted by molar-refractivity contribution is 1.01. The van der Waals surface area contributed by atoms with Crippen molar-refractivity contribution in [3.8, 4) is 68.3 Å². The van der Waals surface area contributed by atoms with Gasteiger partial charge in [-0.25, -0.2) is 34.9 Å². The molecule has 5 heterocycles. The first-order valence-corrected chi connectivity index (χ1v) is 22.8. The molecule has 0 saturated carbocycles. The van der Waals surface area contributed by atoms with Crippen LogP contribution in [0.2, 0.25) is 0 Å². The lowest BCUT2D eigenvalue weighted by atomic mass is 10.1. The molecule has 5 aromatic heterocycles. The molecule has 1 aliphatic carbocycles. The summed E-state index contributed by atoms with van der Waals surface area (Å²) < 4.78 is 4.52. The zero-order valence-corrected chi connectivity index (χ0v) is 36.6. The van der Waals surface area contributed by atoms with E-state index < -0.39 is 0 Å². The fourth-order valence-corrected chi connectivity index (χ4v) is 9.36. The Morgan fingerprint density at radius 1 is 0.309 bits per heavy atom. The van der Waals surface area contributed by atoms with Crippen LogP contribution in [0.3, 0.4) is 0 Å². The van der Waals surface area contributed by atoms with E-state index in [0.29, 0.717) is 34.9 Å². The average Bonchev–Trinajstić information content (AvgIpc) is 3.93. The number of para-hydroxylation sites is 2. The number of hydrogen-bond acceptors (Lipinski definition) is 7. The predicted octanol–water partition coefficient (Wildman–Crippen LogP) is 13.7. The first-order valence-electron chi connectivity index (χ1n) is 22.8. The second-order valence-electron chi connectivity index (χ2n) is 16.9. The zero-order chi connectivity index (χ0) is 45.0. The molecule has 0 aliphatic heterocycles. The van der Waals surface area contributed by atoms with Crippen molar-refractivity contribution in [3.63, 3.8) is 0 Å². The fraction of sp³-hybridized carbons (Fsp3) is 0.0339. The Bertz CT molecular complexity index is 3870. The molecule has 0 N–H and O–H groups in total. The van der Waals surface area contributed by atoms with Crippen LogP contribution in [-0.2, 0) is 0 Å². The molecule has 9 heteroatoms. The second kappa shape index (κ2) is 16.3. The molecule has 1 aliphatic rings. The van der Waals surface area contributed by atoms with Crippen LogP contribution in [0.15, 0.2) is 212 Å². The van der Waals surface area contributed by atoms with Crippen molar-refractivity contribution in [2.24, 2.45) is 0 Å². The van der Waals surface area contributed by atoms with Gasteiger partial charge in [0.15, 0.2) is 34.9 Å². The third-order valence-electron chi connectivity index (χ3n) is 12.7. The smallest absolute Gasteiger partial charge is 0.164 e. The van der Waals surface area contributed by atoms with Crippen LogP contribution in [0.25, 0.3) is 118 Å². The highest BCUT2D eigenvalue weighted by atomic mass is 15.1. The maximum Gasteiger partial charge on any atom is 0.164 e. The van der Waals surface area contributed by atoms with Crippen LogP contribution in [0, 0.1) is 0 Å². The SMILES string of the molecule is C1=CC(c2nc(-c3ccccc3)nc(-c3ccc(-n4c5ccccc5c5cc6c7ccccc7n(-c7ccc(-c8nc(-c9ccccc9)nc(-c9ccccc9)n8)cc7)c6nc54)cc3)n2)=CCC1. The van der Waals surface area contributed by atoms with Crippen molar-refractivity contribution < 1.29 is 0 Å². The molecule has 320 valence electrons. The van der Waals surface area contributed by atoms with Crippen molar-refractivity contribution in [1.29, 1.82) is 0 Å². The Kier molecular flexibility index (Phi) is 9.42. The molecule has 0 saturated heterocycles. The summed E-state index contributed by atoms with van der Waals surface area (Å²) in [4.78, 5) is 35.4. The van der Waals surface area contributed by atoms with Gasteiger partial charge in [0.05, 0.1) is 11.0 Å². The topological polar surface area (TPSA) is 100 Å². The minimum Gasteiger partial charge on any atom is -0.294 e. The first-order chi connectivity index (χ1) is 33.7. The summed E-state index contributed by atoms with van der Waals surface area (Å²) in [6.07, 6.45) is 8.48. The standard InChI is InChI=1S/C59H39N9/c1-5-17-38(18-6-1)52-60-53(39-19-7-2-8-20-39)63-56(62-52)42-29-33-44(34-30-42)67-50-27-15-13-25-46(50)48-37-49-47-26-14-16-28-51(47)68(59(49)66-58(48)67)45-35-31-43(32-36-45)57-64-54(40-21-9-3-10-22-40)61-55(65-57)41-23-11-4-12-24-41/h1-3,5-11,13-37H,4,12H2. The van der Waals surface area contributed by atoms with E-state index in [1.54, 1.807) is 0 Å². The molecule has 0 spiro atoms. The molecule has 12 aromatic rings. The first kappa shape index (κ1) is 39.2. The van der Waals surface area contributed by atoms with E-state index in [4.69, 9.17) is 34.9 Å². The molecule has 0 amide bonds. The Morgan fingerprint density at radius 2 is 0.676 bits per heavy atom. The van der Waals surface area contributed by atoms with Gasteiger partial charge in [-0.15, -0.1) is 0 Å². The van der Waals surface area contributed by atoms with Crippen molar-refractivity contribution in [1.82, 2.24) is 44.0 Å². The normalized spacial score (nSPS) is 12.6. The van der Waals surface area contributed by atoms with E-state index in [1.165, 1.54) is 0 Å². The van der Waals surface area contributed by atoms with E-state index in [2.05, 4.69) is 130 Å². The van der Waals surface area contributed by atoms with Gasteiger partial charge in [0, 0.05) is 66.3 Å². The molecule has 7 aromatic carbocycles. The molecule has 0 fully saturated rings. The number of rotatable bonds is 8. The number of hydrogen-bond donors (Lipinski definition) is 0. The number of aromatic nitrogens is 9. The van der Waals surface area contributed by atoms with Crippen molar-refractivity contribution in [2.75, 3.05) is 0 Å². The van der Waals surface area contributed by atoms with Crippen LogP contribution in [-0.4, -0.2) is 44.0 Å². The van der Waals surface area contributed by atoms with Gasteiger partial charge in [-0.1, -0.05) is 146 Å². The molecule has 0 radical (unpaired) electrons. The Morgan fingerprint density at radius 3 is 1.07 bits per heavy atom. The minimum atomic E-state index is 0.605. The third-order valence-corrected chi connectivity index (χ3v) is 12.7. The number of nitrogens with zero attached hydrogens (tertiary/aromatic N) is 9. The monoisotopic (exact) mass is 873 g/mol. The highest BCUT2D eigenvalue weighted by Crippen LogP contribution is 2.39. The Labute approximate surface area is 391 Å². The molecule has 9 nitrogen and oxygen atoms in total. The molecule has 13 rings (SSSR count). The molecule has 68 heavy (non-hydrogen) atoms. The van der Waals surface area contributed by atoms with Gasteiger partial charge in [-0.05, 0) is 79.6 Å². The van der Waals surface area contributed by atoms with Crippen molar-refractivity contribution in [2.45, 2.75) is 12.8 Å². The van der Waals surface area contributed by atoms with E-state index in [-0.39, 0.29) is 0 Å². The minimum absolute atomic E-state index is 0.605. The predicted molar refractivity (Wildman–Crippen MR) is 273 cm³/mol. The maximum atomic E-state index is 5.61. The van der Waals surface area contributed by atoms with Gasteiger partial charge in [0.25, 0.3) is 0 Å². The van der Waals surface area contributed by atoms with Crippen LogP contribution >= 0.6 is 0 Å². The van der Waals surface area contributed by atoms with E-state index in [0.717, 1.165) is 101 Å². The highest BCUT2D eigenvalue weighted by Gasteiger charge is 2.21. The van der Waals surface area contributed by atoms with Gasteiger partial charge in [0.2, 0.25) is 0 Å². The number of pyridine rings is 1. The average molecular weight is 874 g/mol. The second-order valence-corrected chi connectivity index (χ2v) is 16.9. The summed E-state index contributed by atoms with van der Waals surface area (Å²) >= 11 is 0. The van der Waals surface area contributed by atoms with E-state index in [1.807, 2.05) is 91.0 Å². The van der Waals surface area contributed by atoms with Gasteiger partial charge < -0.3 is 0 Å². The molecular formula is C59H39N9. The van der Waals surface area contributed by atoms with Gasteiger partial charge in [-0.3, -0.25) is 9.13 Å². The Balaban J connectivity index is 0.933. The van der Waals surface area contributed by atoms with Crippen LogP contribution < -0.4 is 0 Å². The summed E-state index contributed by atoms with van der Waals surface area (Å²) in [6, 6.07) is 66.5. The lowest BCUT2D eigenvalue weighted by Crippen LogP contribution is -2.03. The molecular weight excluding hydrogens is 835 g/mol. The van der Waals surface area contributed by atoms with Gasteiger partial charge >= 0.3 is 0 Å². The fourth-order valence-electron chi connectivity index (χ4n) is 9.36. The molecule has 0 bridgehead atoms.